The van der Waals surface area contributed by atoms with Crippen LogP contribution in [0.1, 0.15) is 23.7 Å². The van der Waals surface area contributed by atoms with Crippen LogP contribution in [0.25, 0.3) is 0 Å². The Hall–Kier alpha value is -1.70. The first-order valence-electron chi connectivity index (χ1n) is 7.05. The SMILES string of the molecule is CC1CN(C(=O)c2ccc(SC(F)(F)F)cc2)CCC1C(=O)O. The zero-order valence-electron chi connectivity index (χ0n) is 12.3. The Labute approximate surface area is 135 Å². The predicted octanol–water partition coefficient (Wildman–Crippen LogP) is 3.48. The molecular weight excluding hydrogens is 331 g/mol. The van der Waals surface area contributed by atoms with Crippen molar-refractivity contribution in [2.24, 2.45) is 11.8 Å². The zero-order chi connectivity index (χ0) is 17.2. The number of rotatable bonds is 3. The van der Waals surface area contributed by atoms with Crippen LogP contribution in [0.5, 0.6) is 0 Å². The maximum Gasteiger partial charge on any atom is 0.446 e. The van der Waals surface area contributed by atoms with E-state index in [9.17, 15) is 22.8 Å². The van der Waals surface area contributed by atoms with Gasteiger partial charge < -0.3 is 10.0 Å². The van der Waals surface area contributed by atoms with Crippen LogP contribution in [0.2, 0.25) is 0 Å². The Balaban J connectivity index is 2.02. The van der Waals surface area contributed by atoms with E-state index in [1.807, 2.05) is 0 Å². The summed E-state index contributed by atoms with van der Waals surface area (Å²) in [5.41, 5.74) is -4.06. The molecular formula is C15H16F3NO3S. The minimum Gasteiger partial charge on any atom is -0.481 e. The summed E-state index contributed by atoms with van der Waals surface area (Å²) in [6, 6.07) is 5.26. The average molecular weight is 347 g/mol. The topological polar surface area (TPSA) is 57.6 Å². The van der Waals surface area contributed by atoms with Gasteiger partial charge in [0, 0.05) is 23.5 Å². The molecule has 2 rings (SSSR count). The monoisotopic (exact) mass is 347 g/mol. The van der Waals surface area contributed by atoms with Crippen LogP contribution >= 0.6 is 11.8 Å². The number of hydrogen-bond donors (Lipinski definition) is 1. The number of nitrogens with zero attached hydrogens (tertiary/aromatic N) is 1. The smallest absolute Gasteiger partial charge is 0.446 e. The molecule has 1 aromatic carbocycles. The number of alkyl halides is 3. The van der Waals surface area contributed by atoms with Gasteiger partial charge in [0.25, 0.3) is 5.91 Å². The van der Waals surface area contributed by atoms with Crippen molar-refractivity contribution in [2.75, 3.05) is 13.1 Å². The van der Waals surface area contributed by atoms with E-state index >= 15 is 0 Å². The van der Waals surface area contributed by atoms with E-state index in [-0.39, 0.29) is 28.5 Å². The van der Waals surface area contributed by atoms with E-state index in [0.29, 0.717) is 25.1 Å². The molecule has 0 aliphatic carbocycles. The Morgan fingerprint density at radius 2 is 1.87 bits per heavy atom. The van der Waals surface area contributed by atoms with Crippen molar-refractivity contribution >= 4 is 23.6 Å². The lowest BCUT2D eigenvalue weighted by molar-refractivity contribution is -0.145. The molecule has 1 aliphatic rings. The molecule has 1 N–H and O–H groups in total. The molecule has 1 saturated heterocycles. The van der Waals surface area contributed by atoms with E-state index in [2.05, 4.69) is 0 Å². The molecule has 126 valence electrons. The van der Waals surface area contributed by atoms with Crippen molar-refractivity contribution in [3.8, 4) is 0 Å². The van der Waals surface area contributed by atoms with Crippen molar-refractivity contribution in [1.29, 1.82) is 0 Å². The first-order chi connectivity index (χ1) is 10.7. The largest absolute Gasteiger partial charge is 0.481 e. The second kappa shape index (κ2) is 6.82. The Kier molecular flexibility index (Phi) is 5.23. The van der Waals surface area contributed by atoms with Crippen molar-refractivity contribution in [3.63, 3.8) is 0 Å². The highest BCUT2D eigenvalue weighted by Crippen LogP contribution is 2.36. The van der Waals surface area contributed by atoms with E-state index < -0.39 is 17.4 Å². The molecule has 1 aliphatic heterocycles. The number of carbonyl (C=O) groups excluding carboxylic acids is 1. The number of carboxylic acid groups (broad SMARTS) is 1. The quantitative estimate of drug-likeness (QED) is 0.851. The molecule has 1 heterocycles. The summed E-state index contributed by atoms with van der Waals surface area (Å²) in [6.07, 6.45) is 0.379. The molecule has 4 nitrogen and oxygen atoms in total. The fourth-order valence-corrected chi connectivity index (χ4v) is 3.22. The summed E-state index contributed by atoms with van der Waals surface area (Å²) >= 11 is -0.230. The number of piperidine rings is 1. The highest BCUT2D eigenvalue weighted by molar-refractivity contribution is 8.00. The summed E-state index contributed by atoms with van der Waals surface area (Å²) in [5, 5.41) is 9.08. The van der Waals surface area contributed by atoms with E-state index in [0.717, 1.165) is 0 Å². The van der Waals surface area contributed by atoms with Crippen molar-refractivity contribution in [3.05, 3.63) is 29.8 Å². The molecule has 1 fully saturated rings. The van der Waals surface area contributed by atoms with Gasteiger partial charge in [-0.05, 0) is 48.4 Å². The Bertz CT molecular complexity index is 589. The first-order valence-corrected chi connectivity index (χ1v) is 7.87. The third-order valence-electron chi connectivity index (χ3n) is 3.84. The lowest BCUT2D eigenvalue weighted by Gasteiger charge is -2.35. The minimum atomic E-state index is -4.36. The third-order valence-corrected chi connectivity index (χ3v) is 4.58. The van der Waals surface area contributed by atoms with Gasteiger partial charge >= 0.3 is 11.5 Å². The number of thioether (sulfide) groups is 1. The van der Waals surface area contributed by atoms with Gasteiger partial charge in [-0.2, -0.15) is 13.2 Å². The summed E-state index contributed by atoms with van der Waals surface area (Å²) in [6.45, 7) is 2.44. The van der Waals surface area contributed by atoms with Crippen LogP contribution in [-0.4, -0.2) is 40.5 Å². The molecule has 1 amide bonds. The maximum atomic E-state index is 12.4. The Morgan fingerprint density at radius 1 is 1.26 bits per heavy atom. The van der Waals surface area contributed by atoms with Crippen molar-refractivity contribution in [1.82, 2.24) is 4.90 Å². The van der Waals surface area contributed by atoms with Crippen LogP contribution < -0.4 is 0 Å². The highest BCUT2D eigenvalue weighted by Gasteiger charge is 2.33. The van der Waals surface area contributed by atoms with Gasteiger partial charge in [0.2, 0.25) is 0 Å². The third kappa shape index (κ3) is 4.63. The maximum absolute atomic E-state index is 12.4. The highest BCUT2D eigenvalue weighted by atomic mass is 32.2. The number of amides is 1. The number of carbonyl (C=O) groups is 2. The van der Waals surface area contributed by atoms with Gasteiger partial charge in [0.1, 0.15) is 0 Å². The molecule has 2 unspecified atom stereocenters. The fourth-order valence-electron chi connectivity index (χ4n) is 2.68. The molecule has 0 aromatic heterocycles. The summed E-state index contributed by atoms with van der Waals surface area (Å²) in [7, 11) is 0. The predicted molar refractivity (Wildman–Crippen MR) is 79.2 cm³/mol. The summed E-state index contributed by atoms with van der Waals surface area (Å²) in [4.78, 5) is 25.0. The van der Waals surface area contributed by atoms with Crippen molar-refractivity contribution in [2.45, 2.75) is 23.7 Å². The lowest BCUT2D eigenvalue weighted by atomic mass is 9.87. The second-order valence-corrected chi connectivity index (χ2v) is 6.67. The van der Waals surface area contributed by atoms with Crippen LogP contribution in [0, 0.1) is 11.8 Å². The van der Waals surface area contributed by atoms with E-state index in [1.54, 1.807) is 11.8 Å². The Morgan fingerprint density at radius 3 is 2.35 bits per heavy atom. The molecule has 0 spiro atoms. The number of aliphatic carboxylic acids is 1. The summed E-state index contributed by atoms with van der Waals surface area (Å²) < 4.78 is 36.8. The normalized spacial score (nSPS) is 22.0. The first kappa shape index (κ1) is 17.7. The van der Waals surface area contributed by atoms with Gasteiger partial charge in [-0.3, -0.25) is 9.59 Å². The number of likely N-dealkylation sites (tertiary alicyclic amines) is 1. The van der Waals surface area contributed by atoms with Gasteiger partial charge in [0.15, 0.2) is 0 Å². The lowest BCUT2D eigenvalue weighted by Crippen LogP contribution is -2.45. The molecule has 0 radical (unpaired) electrons. The van der Waals surface area contributed by atoms with Crippen LogP contribution in [0.15, 0.2) is 29.2 Å². The fraction of sp³-hybridized carbons (Fsp3) is 0.467. The molecule has 0 bridgehead atoms. The van der Waals surface area contributed by atoms with Gasteiger partial charge in [-0.1, -0.05) is 6.92 Å². The average Bonchev–Trinajstić information content (AvgIpc) is 2.45. The number of halogens is 3. The van der Waals surface area contributed by atoms with Crippen LogP contribution in [0.4, 0.5) is 13.2 Å². The van der Waals surface area contributed by atoms with Crippen molar-refractivity contribution < 1.29 is 27.9 Å². The minimum absolute atomic E-state index is 0.0204. The van der Waals surface area contributed by atoms with Crippen LogP contribution in [-0.2, 0) is 4.79 Å². The second-order valence-electron chi connectivity index (χ2n) is 5.53. The van der Waals surface area contributed by atoms with Gasteiger partial charge in [-0.25, -0.2) is 0 Å². The van der Waals surface area contributed by atoms with Gasteiger partial charge in [0.05, 0.1) is 5.92 Å². The van der Waals surface area contributed by atoms with Crippen LogP contribution in [0.3, 0.4) is 0 Å². The molecule has 1 aromatic rings. The number of hydrogen-bond acceptors (Lipinski definition) is 3. The number of benzene rings is 1. The number of carboxylic acids is 1. The molecule has 2 atom stereocenters. The van der Waals surface area contributed by atoms with E-state index in [1.165, 1.54) is 24.3 Å². The zero-order valence-corrected chi connectivity index (χ0v) is 13.2. The van der Waals surface area contributed by atoms with Gasteiger partial charge in [-0.15, -0.1) is 0 Å². The van der Waals surface area contributed by atoms with E-state index in [4.69, 9.17) is 5.11 Å². The molecule has 23 heavy (non-hydrogen) atoms. The standard InChI is InChI=1S/C15H16F3NO3S/c1-9-8-19(7-6-12(9)14(21)22)13(20)10-2-4-11(5-3-10)23-15(16,17)18/h2-5,9,12H,6-8H2,1H3,(H,21,22). The summed E-state index contributed by atoms with van der Waals surface area (Å²) in [5.74, 6) is -1.78. The molecule has 8 heteroatoms. The molecule has 0 saturated carbocycles.